The minimum absolute atomic E-state index is 0.346. The first kappa shape index (κ1) is 15.6. The first-order chi connectivity index (χ1) is 11.8. The van der Waals surface area contributed by atoms with E-state index in [0.29, 0.717) is 6.04 Å². The van der Waals surface area contributed by atoms with Crippen molar-refractivity contribution in [2.75, 3.05) is 33.3 Å². The van der Waals surface area contributed by atoms with Crippen LogP contribution in [0.5, 0.6) is 5.75 Å². The van der Waals surface area contributed by atoms with Crippen LogP contribution in [-0.4, -0.2) is 38.2 Å². The van der Waals surface area contributed by atoms with Crippen LogP contribution in [-0.2, 0) is 0 Å². The molecule has 0 saturated carbocycles. The van der Waals surface area contributed by atoms with Crippen LogP contribution in [0, 0.1) is 0 Å². The molecule has 1 aliphatic heterocycles. The topological polar surface area (TPSA) is 24.5 Å². The standard InChI is InChI=1S/C20H22N2OS/c1-23-18-7-6-15-13-17(5-4-16(15)14-18)20(19-3-2-12-24-19)22-10-8-21-9-11-22/h2-7,12-14,20-21H,8-11H2,1H3/t20-/m0/s1. The number of methoxy groups -OCH3 is 1. The van der Waals surface area contributed by atoms with E-state index in [4.69, 9.17) is 4.74 Å². The van der Waals surface area contributed by atoms with E-state index in [9.17, 15) is 0 Å². The Hall–Kier alpha value is -1.88. The molecule has 0 aliphatic carbocycles. The third kappa shape index (κ3) is 3.05. The maximum Gasteiger partial charge on any atom is 0.119 e. The zero-order valence-electron chi connectivity index (χ0n) is 13.9. The molecule has 3 aromatic rings. The smallest absolute Gasteiger partial charge is 0.119 e. The van der Waals surface area contributed by atoms with Gasteiger partial charge in [-0.2, -0.15) is 0 Å². The van der Waals surface area contributed by atoms with E-state index in [1.807, 2.05) is 17.4 Å². The summed E-state index contributed by atoms with van der Waals surface area (Å²) >= 11 is 1.85. The zero-order chi connectivity index (χ0) is 16.4. The Balaban J connectivity index is 1.75. The molecule has 1 N–H and O–H groups in total. The molecule has 124 valence electrons. The molecule has 4 heteroatoms. The van der Waals surface area contributed by atoms with Crippen LogP contribution < -0.4 is 10.1 Å². The maximum atomic E-state index is 5.34. The summed E-state index contributed by atoms with van der Waals surface area (Å²) in [6.07, 6.45) is 0. The highest BCUT2D eigenvalue weighted by Gasteiger charge is 2.24. The summed E-state index contributed by atoms with van der Waals surface area (Å²) in [5.41, 5.74) is 1.37. The van der Waals surface area contributed by atoms with Gasteiger partial charge in [0.1, 0.15) is 5.75 Å². The van der Waals surface area contributed by atoms with Crippen molar-refractivity contribution in [3.05, 3.63) is 64.4 Å². The van der Waals surface area contributed by atoms with Crippen LogP contribution in [0.15, 0.2) is 53.9 Å². The molecule has 1 aromatic heterocycles. The van der Waals surface area contributed by atoms with Gasteiger partial charge in [0.15, 0.2) is 0 Å². The van der Waals surface area contributed by atoms with Crippen LogP contribution in [0.4, 0.5) is 0 Å². The van der Waals surface area contributed by atoms with E-state index in [-0.39, 0.29) is 0 Å². The van der Waals surface area contributed by atoms with Gasteiger partial charge in [0, 0.05) is 31.1 Å². The van der Waals surface area contributed by atoms with Crippen molar-refractivity contribution >= 4 is 22.1 Å². The molecule has 0 radical (unpaired) electrons. The van der Waals surface area contributed by atoms with Gasteiger partial charge in [0.25, 0.3) is 0 Å². The third-order valence-corrected chi connectivity index (χ3v) is 5.64. The summed E-state index contributed by atoms with van der Waals surface area (Å²) in [6, 6.07) is 17.9. The predicted octanol–water partition coefficient (Wildman–Crippen LogP) is 3.90. The molecule has 0 bridgehead atoms. The normalized spacial score (nSPS) is 17.0. The third-order valence-electron chi connectivity index (χ3n) is 4.72. The van der Waals surface area contributed by atoms with E-state index in [1.165, 1.54) is 21.2 Å². The Labute approximate surface area is 146 Å². The Morgan fingerprint density at radius 1 is 1.04 bits per heavy atom. The lowest BCUT2D eigenvalue weighted by molar-refractivity contribution is 0.201. The molecule has 4 rings (SSSR count). The fourth-order valence-electron chi connectivity index (χ4n) is 3.48. The van der Waals surface area contributed by atoms with Crippen molar-refractivity contribution in [1.82, 2.24) is 10.2 Å². The Morgan fingerprint density at radius 3 is 2.58 bits per heavy atom. The molecule has 1 saturated heterocycles. The Morgan fingerprint density at radius 2 is 1.83 bits per heavy atom. The van der Waals surface area contributed by atoms with Gasteiger partial charge in [-0.3, -0.25) is 4.90 Å². The highest BCUT2D eigenvalue weighted by Crippen LogP contribution is 2.34. The Kier molecular flexibility index (Phi) is 4.52. The molecular formula is C20H22N2OS. The number of benzene rings is 2. The molecule has 2 heterocycles. The van der Waals surface area contributed by atoms with Crippen LogP contribution in [0.3, 0.4) is 0 Å². The number of hydrogen-bond donors (Lipinski definition) is 1. The molecule has 1 atom stereocenters. The van der Waals surface area contributed by atoms with Crippen molar-refractivity contribution in [1.29, 1.82) is 0 Å². The highest BCUT2D eigenvalue weighted by molar-refractivity contribution is 7.10. The van der Waals surface area contributed by atoms with Gasteiger partial charge >= 0.3 is 0 Å². The summed E-state index contributed by atoms with van der Waals surface area (Å²) in [5.74, 6) is 0.909. The number of hydrogen-bond acceptors (Lipinski definition) is 4. The van der Waals surface area contributed by atoms with Crippen molar-refractivity contribution in [2.45, 2.75) is 6.04 Å². The SMILES string of the molecule is COc1ccc2cc([C@@H](c3cccs3)N3CCNCC3)ccc2c1. The number of rotatable bonds is 4. The van der Waals surface area contributed by atoms with Crippen LogP contribution in [0.25, 0.3) is 10.8 Å². The van der Waals surface area contributed by atoms with Crippen molar-refractivity contribution < 1.29 is 4.74 Å². The summed E-state index contributed by atoms with van der Waals surface area (Å²) in [7, 11) is 1.72. The number of nitrogens with zero attached hydrogens (tertiary/aromatic N) is 1. The molecule has 24 heavy (non-hydrogen) atoms. The van der Waals surface area contributed by atoms with Gasteiger partial charge in [-0.25, -0.2) is 0 Å². The zero-order valence-corrected chi connectivity index (χ0v) is 14.7. The molecule has 2 aromatic carbocycles. The number of fused-ring (bicyclic) bond motifs is 1. The van der Waals surface area contributed by atoms with Crippen LogP contribution in [0.1, 0.15) is 16.5 Å². The summed E-state index contributed by atoms with van der Waals surface area (Å²) < 4.78 is 5.34. The molecule has 1 aliphatic rings. The van der Waals surface area contributed by atoms with Gasteiger partial charge in [0.2, 0.25) is 0 Å². The number of ether oxygens (including phenoxy) is 1. The molecule has 1 fully saturated rings. The summed E-state index contributed by atoms with van der Waals surface area (Å²) in [5, 5.41) is 8.13. The van der Waals surface area contributed by atoms with Gasteiger partial charge in [-0.1, -0.05) is 24.3 Å². The molecule has 0 unspecified atom stereocenters. The second-order valence-corrected chi connectivity index (χ2v) is 7.16. The molecule has 0 amide bonds. The quantitative estimate of drug-likeness (QED) is 0.781. The second-order valence-electron chi connectivity index (χ2n) is 6.18. The monoisotopic (exact) mass is 338 g/mol. The maximum absolute atomic E-state index is 5.34. The van der Waals surface area contributed by atoms with Crippen molar-refractivity contribution in [3.8, 4) is 5.75 Å². The average Bonchev–Trinajstić information content (AvgIpc) is 3.16. The van der Waals surface area contributed by atoms with E-state index in [1.54, 1.807) is 7.11 Å². The predicted molar refractivity (Wildman–Crippen MR) is 101 cm³/mol. The van der Waals surface area contributed by atoms with E-state index in [0.717, 1.165) is 31.9 Å². The lowest BCUT2D eigenvalue weighted by Crippen LogP contribution is -2.45. The number of nitrogens with one attached hydrogen (secondary N) is 1. The molecule has 3 nitrogen and oxygen atoms in total. The minimum atomic E-state index is 0.346. The van der Waals surface area contributed by atoms with Crippen LogP contribution >= 0.6 is 11.3 Å². The van der Waals surface area contributed by atoms with Crippen molar-refractivity contribution in [2.24, 2.45) is 0 Å². The van der Waals surface area contributed by atoms with E-state index >= 15 is 0 Å². The fourth-order valence-corrected chi connectivity index (χ4v) is 4.37. The lowest BCUT2D eigenvalue weighted by atomic mass is 9.99. The number of piperazine rings is 1. The Bertz CT molecular complexity index is 810. The van der Waals surface area contributed by atoms with Gasteiger partial charge in [-0.05, 0) is 46.0 Å². The van der Waals surface area contributed by atoms with Crippen molar-refractivity contribution in [3.63, 3.8) is 0 Å². The van der Waals surface area contributed by atoms with Crippen LogP contribution in [0.2, 0.25) is 0 Å². The summed E-state index contributed by atoms with van der Waals surface area (Å²) in [4.78, 5) is 4.01. The van der Waals surface area contributed by atoms with Gasteiger partial charge in [0.05, 0.1) is 13.2 Å². The first-order valence-corrected chi connectivity index (χ1v) is 9.29. The summed E-state index contributed by atoms with van der Waals surface area (Å²) in [6.45, 7) is 4.30. The minimum Gasteiger partial charge on any atom is -0.497 e. The van der Waals surface area contributed by atoms with Gasteiger partial charge < -0.3 is 10.1 Å². The largest absolute Gasteiger partial charge is 0.497 e. The first-order valence-electron chi connectivity index (χ1n) is 8.41. The average molecular weight is 338 g/mol. The second kappa shape index (κ2) is 6.93. The highest BCUT2D eigenvalue weighted by atomic mass is 32.1. The fraction of sp³-hybridized carbons (Fsp3) is 0.300. The molecular weight excluding hydrogens is 316 g/mol. The lowest BCUT2D eigenvalue weighted by Gasteiger charge is -2.35. The van der Waals surface area contributed by atoms with E-state index < -0.39 is 0 Å². The number of thiophene rings is 1. The van der Waals surface area contributed by atoms with Gasteiger partial charge in [-0.15, -0.1) is 11.3 Å². The van der Waals surface area contributed by atoms with E-state index in [2.05, 4.69) is 58.1 Å². The molecule has 0 spiro atoms.